The maximum absolute atomic E-state index is 13.4. The molecule has 16 heavy (non-hydrogen) atoms. The van der Waals surface area contributed by atoms with Gasteiger partial charge in [0, 0.05) is 11.3 Å². The first kappa shape index (κ1) is 13.0. The van der Waals surface area contributed by atoms with Gasteiger partial charge in [0.1, 0.15) is 0 Å². The molecule has 0 N–H and O–H groups in total. The van der Waals surface area contributed by atoms with Gasteiger partial charge in [-0.05, 0) is 12.1 Å². The van der Waals surface area contributed by atoms with Gasteiger partial charge in [0.2, 0.25) is 0 Å². The van der Waals surface area contributed by atoms with Crippen molar-refractivity contribution in [2.24, 2.45) is 5.41 Å². The number of rotatable bonds is 4. The molecule has 88 valence electrons. The van der Waals surface area contributed by atoms with E-state index in [1.165, 1.54) is 19.2 Å². The normalized spacial score (nSPS) is 11.3. The van der Waals surface area contributed by atoms with Gasteiger partial charge in [0.05, 0.1) is 12.7 Å². The van der Waals surface area contributed by atoms with E-state index in [2.05, 4.69) is 0 Å². The molecule has 1 aromatic rings. The second-order valence-corrected chi connectivity index (χ2v) is 4.43. The zero-order valence-corrected chi connectivity index (χ0v) is 10.3. The number of hydrogen-bond acceptors (Lipinski definition) is 2. The summed E-state index contributed by atoms with van der Waals surface area (Å²) in [7, 11) is 1.34. The van der Waals surface area contributed by atoms with Crippen LogP contribution in [0.4, 0.5) is 4.39 Å². The van der Waals surface area contributed by atoms with Crippen LogP contribution in [-0.2, 0) is 0 Å². The molecule has 0 bridgehead atoms. The van der Waals surface area contributed by atoms with Gasteiger partial charge in [0.25, 0.3) is 0 Å². The van der Waals surface area contributed by atoms with E-state index in [4.69, 9.17) is 16.3 Å². The SMILES string of the molecule is COc1c(F)cccc1C(=O)C(C)(C)CCl. The average Bonchev–Trinajstić information content (AvgIpc) is 2.27. The van der Waals surface area contributed by atoms with Crippen molar-refractivity contribution in [2.75, 3.05) is 13.0 Å². The Labute approximate surface area is 99.4 Å². The predicted octanol–water partition coefficient (Wildman–Crippen LogP) is 3.28. The molecule has 0 aliphatic carbocycles. The first-order valence-corrected chi connectivity index (χ1v) is 5.40. The van der Waals surface area contributed by atoms with Crippen LogP contribution in [0.5, 0.6) is 5.75 Å². The van der Waals surface area contributed by atoms with Crippen LogP contribution in [0.3, 0.4) is 0 Å². The largest absolute Gasteiger partial charge is 0.493 e. The molecular formula is C12H14ClFO2. The highest BCUT2D eigenvalue weighted by atomic mass is 35.5. The van der Waals surface area contributed by atoms with E-state index >= 15 is 0 Å². The number of ether oxygens (including phenoxy) is 1. The first-order chi connectivity index (χ1) is 7.44. The number of methoxy groups -OCH3 is 1. The predicted molar refractivity (Wildman–Crippen MR) is 61.8 cm³/mol. The van der Waals surface area contributed by atoms with Crippen LogP contribution in [0.15, 0.2) is 18.2 Å². The summed E-state index contributed by atoms with van der Waals surface area (Å²) in [6, 6.07) is 4.28. The number of ketones is 1. The maximum atomic E-state index is 13.4. The smallest absolute Gasteiger partial charge is 0.173 e. The Kier molecular flexibility index (Phi) is 3.92. The van der Waals surface area contributed by atoms with Crippen LogP contribution >= 0.6 is 11.6 Å². The quantitative estimate of drug-likeness (QED) is 0.600. The summed E-state index contributed by atoms with van der Waals surface area (Å²) in [5, 5.41) is 0. The Balaban J connectivity index is 3.24. The Morgan fingerprint density at radius 1 is 1.50 bits per heavy atom. The number of benzene rings is 1. The number of halogens is 2. The first-order valence-electron chi connectivity index (χ1n) is 4.87. The highest BCUT2D eigenvalue weighted by Crippen LogP contribution is 2.30. The van der Waals surface area contributed by atoms with Gasteiger partial charge in [-0.15, -0.1) is 11.6 Å². The molecule has 0 amide bonds. The van der Waals surface area contributed by atoms with Crippen LogP contribution < -0.4 is 4.74 Å². The van der Waals surface area contributed by atoms with Crippen molar-refractivity contribution in [3.8, 4) is 5.75 Å². The lowest BCUT2D eigenvalue weighted by Gasteiger charge is -2.21. The van der Waals surface area contributed by atoms with Gasteiger partial charge in [-0.25, -0.2) is 4.39 Å². The molecule has 0 heterocycles. The van der Waals surface area contributed by atoms with E-state index in [0.717, 1.165) is 0 Å². The monoisotopic (exact) mass is 244 g/mol. The van der Waals surface area contributed by atoms with Gasteiger partial charge >= 0.3 is 0 Å². The zero-order chi connectivity index (χ0) is 12.3. The number of para-hydroxylation sites is 1. The standard InChI is InChI=1S/C12H14ClFO2/c1-12(2,7-13)11(15)8-5-4-6-9(14)10(8)16-3/h4-6H,7H2,1-3H3. The van der Waals surface area contributed by atoms with Gasteiger partial charge in [0.15, 0.2) is 17.3 Å². The summed E-state index contributed by atoms with van der Waals surface area (Å²) in [5.41, 5.74) is -0.504. The van der Waals surface area contributed by atoms with Crippen LogP contribution in [-0.4, -0.2) is 18.8 Å². The number of hydrogen-bond donors (Lipinski definition) is 0. The summed E-state index contributed by atoms with van der Waals surface area (Å²) in [5.74, 6) is -0.617. The summed E-state index contributed by atoms with van der Waals surface area (Å²) >= 11 is 5.72. The molecule has 0 saturated carbocycles. The average molecular weight is 245 g/mol. The van der Waals surface area contributed by atoms with E-state index in [-0.39, 0.29) is 23.0 Å². The van der Waals surface area contributed by atoms with Crippen molar-refractivity contribution in [2.45, 2.75) is 13.8 Å². The van der Waals surface area contributed by atoms with E-state index in [0.29, 0.717) is 0 Å². The second kappa shape index (κ2) is 4.83. The minimum absolute atomic E-state index is 0.0225. The molecule has 0 aliphatic heterocycles. The lowest BCUT2D eigenvalue weighted by atomic mass is 9.86. The molecule has 0 unspecified atom stereocenters. The Hall–Kier alpha value is -1.09. The minimum Gasteiger partial charge on any atom is -0.493 e. The van der Waals surface area contributed by atoms with Crippen LogP contribution in [0.25, 0.3) is 0 Å². The molecule has 0 spiro atoms. The van der Waals surface area contributed by atoms with E-state index in [1.807, 2.05) is 0 Å². The fourth-order valence-electron chi connectivity index (χ4n) is 1.32. The lowest BCUT2D eigenvalue weighted by Crippen LogP contribution is -2.26. The molecule has 0 atom stereocenters. The van der Waals surface area contributed by atoms with Crippen molar-refractivity contribution in [1.82, 2.24) is 0 Å². The molecule has 4 heteroatoms. The molecule has 0 aromatic heterocycles. The molecule has 2 nitrogen and oxygen atoms in total. The third-order valence-electron chi connectivity index (χ3n) is 2.36. The maximum Gasteiger partial charge on any atom is 0.173 e. The van der Waals surface area contributed by atoms with E-state index < -0.39 is 11.2 Å². The Morgan fingerprint density at radius 3 is 2.62 bits per heavy atom. The molecule has 0 saturated heterocycles. The number of alkyl halides is 1. The molecule has 1 rings (SSSR count). The van der Waals surface area contributed by atoms with Crippen LogP contribution in [0, 0.1) is 11.2 Å². The number of carbonyl (C=O) groups is 1. The van der Waals surface area contributed by atoms with E-state index in [9.17, 15) is 9.18 Å². The highest BCUT2D eigenvalue weighted by Gasteiger charge is 2.30. The van der Waals surface area contributed by atoms with Gasteiger partial charge < -0.3 is 4.74 Å². The highest BCUT2D eigenvalue weighted by molar-refractivity contribution is 6.21. The van der Waals surface area contributed by atoms with Crippen molar-refractivity contribution in [1.29, 1.82) is 0 Å². The lowest BCUT2D eigenvalue weighted by molar-refractivity contribution is 0.0858. The van der Waals surface area contributed by atoms with Crippen LogP contribution in [0.1, 0.15) is 24.2 Å². The molecule has 0 fully saturated rings. The second-order valence-electron chi connectivity index (χ2n) is 4.17. The van der Waals surface area contributed by atoms with E-state index in [1.54, 1.807) is 19.9 Å². The fourth-order valence-corrected chi connectivity index (χ4v) is 1.44. The molecular weight excluding hydrogens is 231 g/mol. The summed E-state index contributed by atoms with van der Waals surface area (Å²) in [4.78, 5) is 12.1. The summed E-state index contributed by atoms with van der Waals surface area (Å²) in [6.07, 6.45) is 0. The number of carbonyl (C=O) groups excluding carboxylic acids is 1. The molecule has 1 aromatic carbocycles. The van der Waals surface area contributed by atoms with Crippen molar-refractivity contribution >= 4 is 17.4 Å². The van der Waals surface area contributed by atoms with Crippen molar-refractivity contribution in [3.05, 3.63) is 29.6 Å². The summed E-state index contributed by atoms with van der Waals surface area (Å²) in [6.45, 7) is 3.43. The minimum atomic E-state index is -0.734. The zero-order valence-electron chi connectivity index (χ0n) is 9.51. The van der Waals surface area contributed by atoms with Crippen molar-refractivity contribution in [3.63, 3.8) is 0 Å². The molecule has 0 aliphatic rings. The summed E-state index contributed by atoms with van der Waals surface area (Å²) < 4.78 is 18.3. The molecule has 0 radical (unpaired) electrons. The third kappa shape index (κ3) is 2.35. The van der Waals surface area contributed by atoms with Crippen LogP contribution in [0.2, 0.25) is 0 Å². The fraction of sp³-hybridized carbons (Fsp3) is 0.417. The van der Waals surface area contributed by atoms with Gasteiger partial charge in [-0.2, -0.15) is 0 Å². The Bertz CT molecular complexity index is 402. The van der Waals surface area contributed by atoms with Gasteiger partial charge in [-0.1, -0.05) is 19.9 Å². The third-order valence-corrected chi connectivity index (χ3v) is 3.03. The Morgan fingerprint density at radius 2 is 2.12 bits per heavy atom. The van der Waals surface area contributed by atoms with Gasteiger partial charge in [-0.3, -0.25) is 4.79 Å². The number of Topliss-reactive ketones (excluding diaryl/α,β-unsaturated/α-hetero) is 1. The topological polar surface area (TPSA) is 26.3 Å². The van der Waals surface area contributed by atoms with Crippen molar-refractivity contribution < 1.29 is 13.9 Å².